The second kappa shape index (κ2) is 6.55. The molecule has 3 nitrogen and oxygen atoms in total. The zero-order valence-electron chi connectivity index (χ0n) is 8.76. The van der Waals surface area contributed by atoms with Crippen molar-refractivity contribution in [3.8, 4) is 0 Å². The van der Waals surface area contributed by atoms with Gasteiger partial charge in [-0.1, -0.05) is 23.7 Å². The topological polar surface area (TPSA) is 38.7 Å². The van der Waals surface area contributed by atoms with Crippen molar-refractivity contribution in [2.24, 2.45) is 4.99 Å². The second-order valence-electron chi connectivity index (χ2n) is 2.96. The van der Waals surface area contributed by atoms with Crippen molar-refractivity contribution in [2.75, 3.05) is 6.61 Å². The van der Waals surface area contributed by atoms with E-state index < -0.39 is 11.3 Å². The van der Waals surface area contributed by atoms with Crippen molar-refractivity contribution in [3.05, 3.63) is 34.9 Å². The van der Waals surface area contributed by atoms with Crippen LogP contribution in [0.4, 0.5) is 0 Å². The van der Waals surface area contributed by atoms with Gasteiger partial charge in [0.1, 0.15) is 0 Å². The van der Waals surface area contributed by atoms with Gasteiger partial charge in [0, 0.05) is 11.2 Å². The fourth-order valence-corrected chi connectivity index (χ4v) is 1.25. The van der Waals surface area contributed by atoms with E-state index in [1.54, 1.807) is 37.4 Å². The third-order valence-electron chi connectivity index (χ3n) is 1.73. The summed E-state index contributed by atoms with van der Waals surface area (Å²) in [6, 6.07) is 7.11. The average molecular weight is 258 g/mol. The van der Waals surface area contributed by atoms with E-state index in [0.717, 1.165) is 5.56 Å². The van der Waals surface area contributed by atoms with E-state index in [2.05, 4.69) is 17.6 Å². The first-order chi connectivity index (χ1) is 7.63. The molecule has 0 N–H and O–H groups in total. The lowest BCUT2D eigenvalue weighted by Gasteiger charge is -2.04. The highest BCUT2D eigenvalue weighted by atomic mass is 35.5. The number of ether oxygens (including phenoxy) is 1. The van der Waals surface area contributed by atoms with Crippen LogP contribution in [0.25, 0.3) is 0 Å². The van der Waals surface area contributed by atoms with Gasteiger partial charge < -0.3 is 4.74 Å². The van der Waals surface area contributed by atoms with Gasteiger partial charge in [-0.15, -0.1) is 12.6 Å². The Balaban J connectivity index is 2.59. The van der Waals surface area contributed by atoms with E-state index in [1.807, 2.05) is 0 Å². The number of carbonyl (C=O) groups is 1. The Morgan fingerprint density at radius 1 is 1.56 bits per heavy atom. The molecule has 0 aliphatic heterocycles. The summed E-state index contributed by atoms with van der Waals surface area (Å²) < 4.78 is 4.76. The van der Waals surface area contributed by atoms with Crippen molar-refractivity contribution >= 4 is 36.4 Å². The molecule has 0 radical (unpaired) electrons. The second-order valence-corrected chi connectivity index (χ2v) is 3.88. The quantitative estimate of drug-likeness (QED) is 0.512. The van der Waals surface area contributed by atoms with Crippen LogP contribution in [0.1, 0.15) is 12.5 Å². The monoisotopic (exact) mass is 257 g/mol. The Kier molecular flexibility index (Phi) is 5.35. The summed E-state index contributed by atoms with van der Waals surface area (Å²) in [5.41, 5.74) is 0.854. The third kappa shape index (κ3) is 4.24. The van der Waals surface area contributed by atoms with E-state index in [-0.39, 0.29) is 0 Å². The molecule has 86 valence electrons. The number of thiol groups is 1. The molecule has 1 atom stereocenters. The van der Waals surface area contributed by atoms with Crippen molar-refractivity contribution in [3.63, 3.8) is 0 Å². The summed E-state index contributed by atoms with van der Waals surface area (Å²) in [6.45, 7) is 2.06. The summed E-state index contributed by atoms with van der Waals surface area (Å²) in [7, 11) is 0. The van der Waals surface area contributed by atoms with Crippen molar-refractivity contribution in [1.29, 1.82) is 0 Å². The predicted molar refractivity (Wildman–Crippen MR) is 68.5 cm³/mol. The highest BCUT2D eigenvalue weighted by Crippen LogP contribution is 2.08. The van der Waals surface area contributed by atoms with Gasteiger partial charge in [-0.2, -0.15) is 0 Å². The SMILES string of the molecule is CCOC(=O)C(S)/N=C/c1ccc(Cl)cc1. The average Bonchev–Trinajstić information content (AvgIpc) is 2.28. The maximum Gasteiger partial charge on any atom is 0.341 e. The maximum atomic E-state index is 11.2. The van der Waals surface area contributed by atoms with E-state index in [0.29, 0.717) is 11.6 Å². The molecular formula is C11H12ClNO2S. The molecule has 1 unspecified atom stereocenters. The molecule has 0 bridgehead atoms. The standard InChI is InChI=1S/C11H12ClNO2S/c1-2-15-11(14)10(16)13-7-8-3-5-9(12)6-4-8/h3-7,10,16H,2H2,1H3/b13-7+. The van der Waals surface area contributed by atoms with Gasteiger partial charge in [0.15, 0.2) is 5.37 Å². The summed E-state index contributed by atoms with van der Waals surface area (Å²) in [5, 5.41) is -0.124. The number of halogens is 1. The minimum atomic E-state index is -0.782. The molecule has 0 aliphatic carbocycles. The number of aliphatic imine (C=N–C) groups is 1. The lowest BCUT2D eigenvalue weighted by Crippen LogP contribution is -2.15. The summed E-state index contributed by atoms with van der Waals surface area (Å²) in [4.78, 5) is 15.1. The summed E-state index contributed by atoms with van der Waals surface area (Å²) in [6.07, 6.45) is 1.56. The molecule has 1 aromatic carbocycles. The zero-order chi connectivity index (χ0) is 12.0. The lowest BCUT2D eigenvalue weighted by atomic mass is 10.2. The van der Waals surface area contributed by atoms with Crippen molar-refractivity contribution < 1.29 is 9.53 Å². The number of benzene rings is 1. The van der Waals surface area contributed by atoms with Crippen LogP contribution in [0.2, 0.25) is 5.02 Å². The first-order valence-electron chi connectivity index (χ1n) is 4.77. The van der Waals surface area contributed by atoms with Crippen LogP contribution in [0, 0.1) is 0 Å². The molecule has 0 spiro atoms. The van der Waals surface area contributed by atoms with Gasteiger partial charge in [0.25, 0.3) is 0 Å². The Bertz CT molecular complexity index is 378. The predicted octanol–water partition coefficient (Wildman–Crippen LogP) is 2.58. The number of carbonyl (C=O) groups excluding carboxylic acids is 1. The highest BCUT2D eigenvalue weighted by molar-refractivity contribution is 7.81. The van der Waals surface area contributed by atoms with Crippen LogP contribution in [-0.2, 0) is 9.53 Å². The molecule has 1 aromatic rings. The number of rotatable bonds is 4. The van der Waals surface area contributed by atoms with Gasteiger partial charge in [0.05, 0.1) is 6.61 Å². The van der Waals surface area contributed by atoms with Gasteiger partial charge in [-0.25, -0.2) is 4.79 Å². The van der Waals surface area contributed by atoms with E-state index in [4.69, 9.17) is 16.3 Å². The fourth-order valence-electron chi connectivity index (χ4n) is 0.983. The normalized spacial score (nSPS) is 12.7. The van der Waals surface area contributed by atoms with Gasteiger partial charge in [-0.05, 0) is 24.6 Å². The van der Waals surface area contributed by atoms with E-state index in [1.165, 1.54) is 0 Å². The Labute approximate surface area is 105 Å². The molecule has 0 aromatic heterocycles. The van der Waals surface area contributed by atoms with Gasteiger partial charge >= 0.3 is 5.97 Å². The molecule has 0 fully saturated rings. The Morgan fingerprint density at radius 2 is 2.19 bits per heavy atom. The minimum absolute atomic E-state index is 0.326. The number of esters is 1. The van der Waals surface area contributed by atoms with Crippen LogP contribution in [0.3, 0.4) is 0 Å². The van der Waals surface area contributed by atoms with E-state index in [9.17, 15) is 4.79 Å². The maximum absolute atomic E-state index is 11.2. The molecule has 0 saturated carbocycles. The molecule has 0 amide bonds. The van der Waals surface area contributed by atoms with Crippen LogP contribution >= 0.6 is 24.2 Å². The number of nitrogens with zero attached hydrogens (tertiary/aromatic N) is 1. The number of hydrogen-bond donors (Lipinski definition) is 1. The number of hydrogen-bond acceptors (Lipinski definition) is 4. The first-order valence-corrected chi connectivity index (χ1v) is 5.66. The fraction of sp³-hybridized carbons (Fsp3) is 0.273. The molecule has 0 saturated heterocycles. The van der Waals surface area contributed by atoms with Crippen molar-refractivity contribution in [1.82, 2.24) is 0 Å². The lowest BCUT2D eigenvalue weighted by molar-refractivity contribution is -0.142. The van der Waals surface area contributed by atoms with Crippen LogP contribution in [0.15, 0.2) is 29.3 Å². The van der Waals surface area contributed by atoms with Crippen LogP contribution in [0.5, 0.6) is 0 Å². The molecule has 5 heteroatoms. The smallest absolute Gasteiger partial charge is 0.341 e. The van der Waals surface area contributed by atoms with Crippen LogP contribution < -0.4 is 0 Å². The summed E-state index contributed by atoms with van der Waals surface area (Å²) >= 11 is 9.74. The molecule has 16 heavy (non-hydrogen) atoms. The highest BCUT2D eigenvalue weighted by Gasteiger charge is 2.11. The van der Waals surface area contributed by atoms with Crippen LogP contribution in [-0.4, -0.2) is 24.2 Å². The first kappa shape index (κ1) is 13.1. The van der Waals surface area contributed by atoms with Crippen molar-refractivity contribution in [2.45, 2.75) is 12.3 Å². The van der Waals surface area contributed by atoms with E-state index >= 15 is 0 Å². The van der Waals surface area contributed by atoms with Gasteiger partial charge in [0.2, 0.25) is 0 Å². The minimum Gasteiger partial charge on any atom is -0.464 e. The third-order valence-corrected chi connectivity index (χ3v) is 2.33. The summed E-state index contributed by atoms with van der Waals surface area (Å²) in [5.74, 6) is -0.448. The molecule has 1 rings (SSSR count). The zero-order valence-corrected chi connectivity index (χ0v) is 10.4. The molecule has 0 heterocycles. The largest absolute Gasteiger partial charge is 0.464 e. The molecule has 0 aliphatic rings. The van der Waals surface area contributed by atoms with Gasteiger partial charge in [-0.3, -0.25) is 4.99 Å². The molecular weight excluding hydrogens is 246 g/mol. The Morgan fingerprint density at radius 3 is 2.75 bits per heavy atom. The Hall–Kier alpha value is -1.00.